The molecule has 1 aromatic heterocycles. The van der Waals surface area contributed by atoms with Gasteiger partial charge >= 0.3 is 0 Å². The molecule has 0 saturated carbocycles. The van der Waals surface area contributed by atoms with E-state index >= 15 is 0 Å². The summed E-state index contributed by atoms with van der Waals surface area (Å²) in [5, 5.41) is 5.67. The van der Waals surface area contributed by atoms with Gasteiger partial charge in [-0.15, -0.1) is 0 Å². The van der Waals surface area contributed by atoms with Crippen LogP contribution in [0.3, 0.4) is 0 Å². The summed E-state index contributed by atoms with van der Waals surface area (Å²) in [6.45, 7) is 0.371. The monoisotopic (exact) mass is 303 g/mol. The molecule has 108 valence electrons. The SMILES string of the molecule is CNC(=O)c1ccc(CNC(=O)c2ccc(Cl)nc2)cc1. The van der Waals surface area contributed by atoms with Gasteiger partial charge in [0.05, 0.1) is 5.56 Å². The maximum absolute atomic E-state index is 11.9. The predicted octanol–water partition coefficient (Wildman–Crippen LogP) is 2.02. The minimum atomic E-state index is -0.227. The number of pyridine rings is 1. The second-order valence-corrected chi connectivity index (χ2v) is 4.72. The second-order valence-electron chi connectivity index (χ2n) is 4.33. The summed E-state index contributed by atoms with van der Waals surface area (Å²) < 4.78 is 0. The van der Waals surface area contributed by atoms with Crippen molar-refractivity contribution in [1.82, 2.24) is 15.6 Å². The third-order valence-electron chi connectivity index (χ3n) is 2.89. The number of carbonyl (C=O) groups excluding carboxylic acids is 2. The molecular weight excluding hydrogens is 290 g/mol. The third kappa shape index (κ3) is 4.03. The van der Waals surface area contributed by atoms with Gasteiger partial charge in [-0.05, 0) is 29.8 Å². The molecule has 1 heterocycles. The van der Waals surface area contributed by atoms with Gasteiger partial charge < -0.3 is 10.6 Å². The fraction of sp³-hybridized carbons (Fsp3) is 0.133. The predicted molar refractivity (Wildman–Crippen MR) is 80.2 cm³/mol. The number of nitrogens with one attached hydrogen (secondary N) is 2. The Bertz CT molecular complexity index is 639. The zero-order valence-corrected chi connectivity index (χ0v) is 12.1. The summed E-state index contributed by atoms with van der Waals surface area (Å²) in [7, 11) is 1.58. The lowest BCUT2D eigenvalue weighted by Gasteiger charge is -2.06. The standard InChI is InChI=1S/C15H14ClN3O2/c1-17-14(20)11-4-2-10(3-5-11)8-19-15(21)12-6-7-13(16)18-9-12/h2-7,9H,8H2,1H3,(H,17,20)(H,19,21). The van der Waals surface area contributed by atoms with E-state index in [1.54, 1.807) is 43.4 Å². The van der Waals surface area contributed by atoms with Crippen molar-refractivity contribution in [2.75, 3.05) is 7.05 Å². The highest BCUT2D eigenvalue weighted by molar-refractivity contribution is 6.29. The second kappa shape index (κ2) is 6.85. The van der Waals surface area contributed by atoms with Gasteiger partial charge in [-0.2, -0.15) is 0 Å². The Morgan fingerprint density at radius 1 is 1.05 bits per heavy atom. The van der Waals surface area contributed by atoms with E-state index in [9.17, 15) is 9.59 Å². The highest BCUT2D eigenvalue weighted by Gasteiger charge is 2.06. The van der Waals surface area contributed by atoms with Crippen molar-refractivity contribution in [2.24, 2.45) is 0 Å². The highest BCUT2D eigenvalue weighted by Crippen LogP contribution is 2.07. The van der Waals surface area contributed by atoms with Crippen molar-refractivity contribution < 1.29 is 9.59 Å². The minimum Gasteiger partial charge on any atom is -0.355 e. The summed E-state index contributed by atoms with van der Waals surface area (Å²) >= 11 is 5.67. The van der Waals surface area contributed by atoms with E-state index in [-0.39, 0.29) is 11.8 Å². The fourth-order valence-corrected chi connectivity index (χ4v) is 1.82. The molecule has 0 unspecified atom stereocenters. The van der Waals surface area contributed by atoms with Crippen LogP contribution in [0.5, 0.6) is 0 Å². The molecule has 21 heavy (non-hydrogen) atoms. The molecule has 2 amide bonds. The lowest BCUT2D eigenvalue weighted by atomic mass is 10.1. The largest absolute Gasteiger partial charge is 0.355 e. The lowest BCUT2D eigenvalue weighted by Crippen LogP contribution is -2.23. The number of amides is 2. The molecule has 1 aromatic carbocycles. The average Bonchev–Trinajstić information content (AvgIpc) is 2.53. The van der Waals surface area contributed by atoms with E-state index in [2.05, 4.69) is 15.6 Å². The Labute approximate surface area is 127 Å². The number of aromatic nitrogens is 1. The molecule has 0 aliphatic carbocycles. The summed E-state index contributed by atoms with van der Waals surface area (Å²) in [4.78, 5) is 27.2. The molecule has 0 radical (unpaired) electrons. The van der Waals surface area contributed by atoms with Crippen molar-refractivity contribution >= 4 is 23.4 Å². The minimum absolute atomic E-state index is 0.141. The van der Waals surface area contributed by atoms with Crippen molar-refractivity contribution in [2.45, 2.75) is 6.54 Å². The van der Waals surface area contributed by atoms with E-state index in [4.69, 9.17) is 11.6 Å². The first-order valence-electron chi connectivity index (χ1n) is 6.31. The van der Waals surface area contributed by atoms with E-state index in [0.29, 0.717) is 22.8 Å². The molecule has 0 atom stereocenters. The molecule has 2 N–H and O–H groups in total. The number of nitrogens with zero attached hydrogens (tertiary/aromatic N) is 1. The van der Waals surface area contributed by atoms with Gasteiger partial charge in [-0.1, -0.05) is 23.7 Å². The van der Waals surface area contributed by atoms with Gasteiger partial charge in [-0.25, -0.2) is 4.98 Å². The summed E-state index contributed by atoms with van der Waals surface area (Å²) in [6, 6.07) is 10.2. The molecular formula is C15H14ClN3O2. The molecule has 6 heteroatoms. The Morgan fingerprint density at radius 3 is 2.29 bits per heavy atom. The van der Waals surface area contributed by atoms with Gasteiger partial charge in [0, 0.05) is 25.4 Å². The van der Waals surface area contributed by atoms with E-state index in [1.807, 2.05) is 0 Å². The normalized spacial score (nSPS) is 10.0. The topological polar surface area (TPSA) is 71.1 Å². The van der Waals surface area contributed by atoms with Crippen molar-refractivity contribution in [3.05, 3.63) is 64.4 Å². The van der Waals surface area contributed by atoms with E-state index < -0.39 is 0 Å². The molecule has 0 aliphatic heterocycles. The Kier molecular flexibility index (Phi) is 4.90. The zero-order valence-electron chi connectivity index (χ0n) is 11.4. The van der Waals surface area contributed by atoms with Crippen LogP contribution in [-0.4, -0.2) is 23.8 Å². The first kappa shape index (κ1) is 15.0. The van der Waals surface area contributed by atoms with Crippen molar-refractivity contribution in [3.8, 4) is 0 Å². The van der Waals surface area contributed by atoms with E-state index in [1.165, 1.54) is 6.20 Å². The first-order chi connectivity index (χ1) is 10.1. The van der Waals surface area contributed by atoms with E-state index in [0.717, 1.165) is 5.56 Å². The molecule has 0 saturated heterocycles. The quantitative estimate of drug-likeness (QED) is 0.849. The van der Waals surface area contributed by atoms with Crippen LogP contribution in [0.4, 0.5) is 0 Å². The van der Waals surface area contributed by atoms with Crippen LogP contribution < -0.4 is 10.6 Å². The maximum Gasteiger partial charge on any atom is 0.253 e. The molecule has 0 spiro atoms. The van der Waals surface area contributed by atoms with Crippen LogP contribution >= 0.6 is 11.6 Å². The number of hydrogen-bond acceptors (Lipinski definition) is 3. The number of hydrogen-bond donors (Lipinski definition) is 2. The van der Waals surface area contributed by atoms with Gasteiger partial charge in [0.15, 0.2) is 0 Å². The van der Waals surface area contributed by atoms with Gasteiger partial charge in [0.2, 0.25) is 0 Å². The van der Waals surface area contributed by atoms with Gasteiger partial charge in [-0.3, -0.25) is 9.59 Å². The molecule has 0 aliphatic rings. The molecule has 0 fully saturated rings. The molecule has 5 nitrogen and oxygen atoms in total. The number of benzene rings is 1. The summed E-state index contributed by atoms with van der Waals surface area (Å²) in [5.41, 5.74) is 1.92. The highest BCUT2D eigenvalue weighted by atomic mass is 35.5. The van der Waals surface area contributed by atoms with Gasteiger partial charge in [0.1, 0.15) is 5.15 Å². The summed E-state index contributed by atoms with van der Waals surface area (Å²) in [6.07, 6.45) is 1.42. The smallest absolute Gasteiger partial charge is 0.253 e. The van der Waals surface area contributed by atoms with Crippen LogP contribution in [0.25, 0.3) is 0 Å². The summed E-state index contributed by atoms with van der Waals surface area (Å²) in [5.74, 6) is -0.368. The maximum atomic E-state index is 11.9. The average molecular weight is 304 g/mol. The van der Waals surface area contributed by atoms with Crippen LogP contribution in [0, 0.1) is 0 Å². The van der Waals surface area contributed by atoms with Crippen LogP contribution in [0.2, 0.25) is 5.15 Å². The van der Waals surface area contributed by atoms with Crippen LogP contribution in [0.15, 0.2) is 42.6 Å². The van der Waals surface area contributed by atoms with Gasteiger partial charge in [0.25, 0.3) is 11.8 Å². The molecule has 0 bridgehead atoms. The third-order valence-corrected chi connectivity index (χ3v) is 3.11. The number of halogens is 1. The first-order valence-corrected chi connectivity index (χ1v) is 6.68. The van der Waals surface area contributed by atoms with Crippen LogP contribution in [-0.2, 0) is 6.54 Å². The van der Waals surface area contributed by atoms with Crippen molar-refractivity contribution in [1.29, 1.82) is 0 Å². The molecule has 2 aromatic rings. The Morgan fingerprint density at radius 2 is 1.71 bits per heavy atom. The zero-order chi connectivity index (χ0) is 15.2. The Hall–Kier alpha value is -2.40. The fourth-order valence-electron chi connectivity index (χ4n) is 1.71. The number of rotatable bonds is 4. The number of carbonyl (C=O) groups is 2. The van der Waals surface area contributed by atoms with Crippen molar-refractivity contribution in [3.63, 3.8) is 0 Å². The van der Waals surface area contributed by atoms with Crippen LogP contribution in [0.1, 0.15) is 26.3 Å². The lowest BCUT2D eigenvalue weighted by molar-refractivity contribution is 0.0945. The molecule has 2 rings (SSSR count). The Balaban J connectivity index is 1.95.